The number of ketones is 1. The van der Waals surface area contributed by atoms with Gasteiger partial charge in [0.2, 0.25) is 11.7 Å². The minimum Gasteiger partial charge on any atom is -0.497 e. The molecule has 4 fully saturated rings. The van der Waals surface area contributed by atoms with E-state index in [0.717, 1.165) is 19.3 Å². The number of hydrogen-bond acceptors (Lipinski definition) is 6. The number of amides is 4. The molecule has 4 saturated carbocycles. The van der Waals surface area contributed by atoms with Gasteiger partial charge in [0.1, 0.15) is 17.5 Å². The van der Waals surface area contributed by atoms with E-state index in [9.17, 15) is 19.2 Å². The van der Waals surface area contributed by atoms with Gasteiger partial charge in [0.05, 0.1) is 20.3 Å². The Morgan fingerprint density at radius 2 is 1.44 bits per heavy atom. The lowest BCUT2D eigenvalue weighted by Gasteiger charge is -2.56. The topological polar surface area (TPSA) is 135 Å². The first kappa shape index (κ1) is 30.7. The second-order valence-corrected chi connectivity index (χ2v) is 12.7. The van der Waals surface area contributed by atoms with Crippen LogP contribution in [0.25, 0.3) is 0 Å². The molecule has 0 unspecified atom stereocenters. The van der Waals surface area contributed by atoms with Crippen LogP contribution in [0.15, 0.2) is 18.2 Å². The summed E-state index contributed by atoms with van der Waals surface area (Å²) in [6.07, 6.45) is 7.50. The summed E-state index contributed by atoms with van der Waals surface area (Å²) in [7, 11) is 3.06. The van der Waals surface area contributed by atoms with Gasteiger partial charge in [-0.25, -0.2) is 4.79 Å². The molecule has 4 amide bonds. The Labute approximate surface area is 243 Å². The van der Waals surface area contributed by atoms with Gasteiger partial charge in [-0.15, -0.1) is 0 Å². The SMILES string of the molecule is CC[C@H](NC(=O)[C@H](CC(C)C)NC(=O)NC12CC3CC(CC(C3)C1)C2)C(=O)C(=O)NCc1cc(OC)cc(OC)c1. The molecule has 0 heterocycles. The molecule has 4 aliphatic rings. The summed E-state index contributed by atoms with van der Waals surface area (Å²) in [5.74, 6) is 1.31. The molecule has 1 aromatic rings. The van der Waals surface area contributed by atoms with Gasteiger partial charge < -0.3 is 30.7 Å². The van der Waals surface area contributed by atoms with Crippen LogP contribution in [0, 0.1) is 23.7 Å². The van der Waals surface area contributed by atoms with E-state index in [1.165, 1.54) is 33.5 Å². The van der Waals surface area contributed by atoms with Crippen LogP contribution in [-0.4, -0.2) is 55.5 Å². The molecule has 0 aromatic heterocycles. The van der Waals surface area contributed by atoms with Crippen molar-refractivity contribution in [1.29, 1.82) is 0 Å². The van der Waals surface area contributed by atoms with E-state index in [2.05, 4.69) is 21.3 Å². The van der Waals surface area contributed by atoms with Crippen molar-refractivity contribution in [2.75, 3.05) is 14.2 Å². The maximum atomic E-state index is 13.3. The van der Waals surface area contributed by atoms with E-state index >= 15 is 0 Å². The molecule has 0 saturated heterocycles. The zero-order valence-electron chi connectivity index (χ0n) is 25.0. The Kier molecular flexibility index (Phi) is 9.81. The van der Waals surface area contributed by atoms with E-state index in [4.69, 9.17) is 9.47 Å². The van der Waals surface area contributed by atoms with Gasteiger partial charge in [-0.2, -0.15) is 0 Å². The lowest BCUT2D eigenvalue weighted by molar-refractivity contribution is -0.140. The van der Waals surface area contributed by atoms with Gasteiger partial charge in [-0.1, -0.05) is 20.8 Å². The van der Waals surface area contributed by atoms with Crippen molar-refractivity contribution < 1.29 is 28.7 Å². The molecule has 0 aliphatic heterocycles. The molecule has 10 nitrogen and oxygen atoms in total. The number of benzene rings is 1. The van der Waals surface area contributed by atoms with Crippen molar-refractivity contribution in [2.45, 2.75) is 96.3 Å². The standard InChI is InChI=1S/C31H46N4O6/c1-6-25(27(36)29(38)32-17-22-11-23(40-4)13-24(12-22)41-5)33-28(37)26(7-18(2)3)34-30(39)35-31-14-19-8-20(15-31)10-21(9-19)16-31/h11-13,18-21,25-26H,6-10,14-17H2,1-5H3,(H,32,38)(H,33,37)(H2,34,35,39)/t19?,20?,21?,25-,26-,31?/m0/s1. The van der Waals surface area contributed by atoms with Crippen LogP contribution in [0.1, 0.15) is 77.7 Å². The van der Waals surface area contributed by atoms with Crippen molar-refractivity contribution in [1.82, 2.24) is 21.3 Å². The zero-order chi connectivity index (χ0) is 29.7. The highest BCUT2D eigenvalue weighted by Gasteiger charge is 2.51. The summed E-state index contributed by atoms with van der Waals surface area (Å²) in [6, 6.07) is 3.03. The predicted molar refractivity (Wildman–Crippen MR) is 154 cm³/mol. The van der Waals surface area contributed by atoms with Crippen molar-refractivity contribution in [3.05, 3.63) is 23.8 Å². The Balaban J connectivity index is 1.34. The van der Waals surface area contributed by atoms with Gasteiger partial charge in [0.15, 0.2) is 0 Å². The third-order valence-corrected chi connectivity index (χ3v) is 8.88. The van der Waals surface area contributed by atoms with E-state index in [1.54, 1.807) is 25.1 Å². The fourth-order valence-corrected chi connectivity index (χ4v) is 7.42. The average Bonchev–Trinajstić information content (AvgIpc) is 2.92. The zero-order valence-corrected chi connectivity index (χ0v) is 25.0. The maximum Gasteiger partial charge on any atom is 0.315 e. The summed E-state index contributed by atoms with van der Waals surface area (Å²) >= 11 is 0. The molecule has 2 atom stereocenters. The molecule has 226 valence electrons. The molecule has 10 heteroatoms. The average molecular weight is 571 g/mol. The number of Topliss-reactive ketones (excluding diaryl/α,β-unsaturated/α-hetero) is 1. The van der Waals surface area contributed by atoms with E-state index in [0.29, 0.717) is 41.2 Å². The molecular formula is C31H46N4O6. The number of hydrogen-bond donors (Lipinski definition) is 4. The van der Waals surface area contributed by atoms with E-state index in [1.807, 2.05) is 13.8 Å². The van der Waals surface area contributed by atoms with Crippen molar-refractivity contribution in [3.63, 3.8) is 0 Å². The molecule has 41 heavy (non-hydrogen) atoms. The number of ether oxygens (including phenoxy) is 2. The molecule has 4 aliphatic carbocycles. The second kappa shape index (κ2) is 13.1. The van der Waals surface area contributed by atoms with Gasteiger partial charge in [-0.3, -0.25) is 14.4 Å². The highest BCUT2D eigenvalue weighted by molar-refractivity contribution is 6.38. The van der Waals surface area contributed by atoms with Crippen LogP contribution in [0.3, 0.4) is 0 Å². The van der Waals surface area contributed by atoms with Crippen LogP contribution in [0.2, 0.25) is 0 Å². The third kappa shape index (κ3) is 7.71. The first-order valence-corrected chi connectivity index (χ1v) is 15.0. The summed E-state index contributed by atoms with van der Waals surface area (Å²) in [5.41, 5.74) is 0.524. The van der Waals surface area contributed by atoms with Crippen LogP contribution >= 0.6 is 0 Å². The quantitative estimate of drug-likeness (QED) is 0.268. The first-order chi connectivity index (χ1) is 19.5. The van der Waals surface area contributed by atoms with Crippen molar-refractivity contribution in [2.24, 2.45) is 23.7 Å². The fraction of sp³-hybridized carbons (Fsp3) is 0.677. The molecular weight excluding hydrogens is 524 g/mol. The number of methoxy groups -OCH3 is 2. The molecule has 4 N–H and O–H groups in total. The highest BCUT2D eigenvalue weighted by atomic mass is 16.5. The van der Waals surface area contributed by atoms with Gasteiger partial charge in [0.25, 0.3) is 5.91 Å². The number of urea groups is 1. The number of rotatable bonds is 13. The van der Waals surface area contributed by atoms with Crippen LogP contribution in [0.5, 0.6) is 11.5 Å². The summed E-state index contributed by atoms with van der Waals surface area (Å²) < 4.78 is 10.5. The number of nitrogens with one attached hydrogen (secondary N) is 4. The molecule has 1 aromatic carbocycles. The number of carbonyl (C=O) groups excluding carboxylic acids is 4. The summed E-state index contributed by atoms with van der Waals surface area (Å²) in [6.45, 7) is 5.77. The van der Waals surface area contributed by atoms with Crippen molar-refractivity contribution >= 4 is 23.6 Å². The minimum atomic E-state index is -1.01. The molecule has 4 bridgehead atoms. The van der Waals surface area contributed by atoms with Crippen LogP contribution < -0.4 is 30.7 Å². The number of carbonyl (C=O) groups is 4. The molecule has 5 rings (SSSR count). The molecule has 0 spiro atoms. The lowest BCUT2D eigenvalue weighted by atomic mass is 9.53. The van der Waals surface area contributed by atoms with Crippen LogP contribution in [0.4, 0.5) is 4.79 Å². The Morgan fingerprint density at radius 1 is 0.878 bits per heavy atom. The lowest BCUT2D eigenvalue weighted by Crippen LogP contribution is -2.63. The fourth-order valence-electron chi connectivity index (χ4n) is 7.42. The maximum absolute atomic E-state index is 13.3. The summed E-state index contributed by atoms with van der Waals surface area (Å²) in [5, 5.41) is 11.5. The normalized spacial score (nSPS) is 25.7. The molecule has 0 radical (unpaired) electrons. The smallest absolute Gasteiger partial charge is 0.315 e. The van der Waals surface area contributed by atoms with Crippen LogP contribution in [-0.2, 0) is 20.9 Å². The van der Waals surface area contributed by atoms with Gasteiger partial charge in [-0.05, 0) is 92.7 Å². The predicted octanol–water partition coefficient (Wildman–Crippen LogP) is 3.47. The summed E-state index contributed by atoms with van der Waals surface area (Å²) in [4.78, 5) is 52.2. The monoisotopic (exact) mass is 570 g/mol. The Morgan fingerprint density at radius 3 is 1.93 bits per heavy atom. The van der Waals surface area contributed by atoms with Crippen molar-refractivity contribution in [3.8, 4) is 11.5 Å². The first-order valence-electron chi connectivity index (χ1n) is 15.0. The van der Waals surface area contributed by atoms with Gasteiger partial charge >= 0.3 is 6.03 Å². The third-order valence-electron chi connectivity index (χ3n) is 8.88. The van der Waals surface area contributed by atoms with Gasteiger partial charge in [0, 0.05) is 18.2 Å². The highest BCUT2D eigenvalue weighted by Crippen LogP contribution is 2.55. The Hall–Kier alpha value is -3.30. The second-order valence-electron chi connectivity index (χ2n) is 12.7. The van der Waals surface area contributed by atoms with E-state index < -0.39 is 29.7 Å². The largest absolute Gasteiger partial charge is 0.497 e. The van der Waals surface area contributed by atoms with E-state index in [-0.39, 0.29) is 30.5 Å². The Bertz CT molecular complexity index is 1080. The minimum absolute atomic E-state index is 0.0878.